The largest absolute Gasteiger partial charge is 0.550 e. The van der Waals surface area contributed by atoms with Crippen LogP contribution in [0, 0.1) is 54.3 Å². The van der Waals surface area contributed by atoms with E-state index in [-0.39, 0.29) is 36.7 Å². The maximum atomic E-state index is 11.8. The Hall–Kier alpha value is -6.65. The van der Waals surface area contributed by atoms with Gasteiger partial charge in [-0.05, 0) is 132 Å². The molecule has 1 amide bonds. The van der Waals surface area contributed by atoms with Crippen molar-refractivity contribution < 1.29 is 64.1 Å². The zero-order valence-electron chi connectivity index (χ0n) is 51.1. The first-order valence-electron chi connectivity index (χ1n) is 28.0. The number of aliphatic carboxylic acids is 4. The number of methoxy groups -OCH3 is 2. The van der Waals surface area contributed by atoms with E-state index in [4.69, 9.17) is 54.8 Å². The quantitative estimate of drug-likeness (QED) is 0.00937. The number of carboxylic acid groups (broad SMARTS) is 4. The normalized spacial score (nSPS) is 9.74. The summed E-state index contributed by atoms with van der Waals surface area (Å²) >= 11 is 3.27. The number of aromatic hydroxyl groups is 2. The van der Waals surface area contributed by atoms with E-state index in [1.165, 1.54) is 20.3 Å². The van der Waals surface area contributed by atoms with Crippen LogP contribution in [-0.2, 0) is 30.5 Å². The van der Waals surface area contributed by atoms with E-state index in [0.29, 0.717) is 104 Å². The predicted molar refractivity (Wildman–Crippen MR) is 334 cm³/mol. The summed E-state index contributed by atoms with van der Waals surface area (Å²) in [6, 6.07) is 9.74. The monoisotopic (exact) mass is 1210 g/mol. The number of carbonyl (C=O) groups is 5. The minimum absolute atomic E-state index is 0.0554. The molecule has 18 heteroatoms. The molecule has 0 aliphatic rings. The highest BCUT2D eigenvalue weighted by atomic mass is 79.9. The van der Waals surface area contributed by atoms with Gasteiger partial charge in [-0.3, -0.25) is 14.4 Å². The number of terminal acetylenes is 2. The first-order chi connectivity index (χ1) is 38.7. The molecule has 0 saturated carbocycles. The smallest absolute Gasteiger partial charge is 0.303 e. The third kappa shape index (κ3) is 82.2. The molecular formula is C64H103BrN4O13-2. The van der Waals surface area contributed by atoms with E-state index >= 15 is 0 Å². The van der Waals surface area contributed by atoms with Crippen LogP contribution in [0.3, 0.4) is 0 Å². The summed E-state index contributed by atoms with van der Waals surface area (Å²) in [5.74, 6) is 10.2. The molecule has 0 unspecified atom stereocenters. The van der Waals surface area contributed by atoms with Gasteiger partial charge in [0.15, 0.2) is 23.0 Å². The molecule has 11 N–H and O–H groups in total. The van der Waals surface area contributed by atoms with Crippen molar-refractivity contribution in [2.75, 3.05) is 33.0 Å². The van der Waals surface area contributed by atoms with Crippen LogP contribution in [-0.4, -0.2) is 82.3 Å². The number of phenols is 2. The van der Waals surface area contributed by atoms with Gasteiger partial charge in [0.05, 0.1) is 14.2 Å². The molecule has 82 heavy (non-hydrogen) atoms. The van der Waals surface area contributed by atoms with Crippen molar-refractivity contribution in [2.24, 2.45) is 29.2 Å². The lowest BCUT2D eigenvalue weighted by molar-refractivity contribution is -0.307. The first-order valence-corrected chi connectivity index (χ1v) is 28.9. The number of hydrogen-bond acceptors (Lipinski definition) is 14. The summed E-state index contributed by atoms with van der Waals surface area (Å²) in [7, 11) is 2.99. The van der Waals surface area contributed by atoms with E-state index < -0.39 is 23.9 Å². The van der Waals surface area contributed by atoms with E-state index in [0.717, 1.165) is 69.8 Å². The number of benzene rings is 2. The maximum absolute atomic E-state index is 11.8. The summed E-state index contributed by atoms with van der Waals surface area (Å²) in [6.07, 6.45) is 32.2. The fraction of sp³-hybridized carbons (Fsp3) is 0.578. The standard InChI is InChI=1S/C18H27NO3.C10H18O2.C10H16O2.C7H9NO2.2C7H10O2.C3H7Br.C2H8N2/c1-14(2)8-6-4-5-7-9-18(21)19-13-15-10-11-16(20)17(12-15)22-3;2*1-9(2)7-5-3-4-6-8-10(11)12;1-10-7-4-5(8)2-3-6(7)9;2*1-2-3-4-5-6-7(8)9;1-3(2)4;3-1-2-4/h6,8,10-12,14,20H,4-5,7,9,13H2,1-3H3,(H,19,21);5,7,9H,3-4,6,8H2,1-2H3,(H,11,12);9H,3-4,6,8H2,1-2H3,(H,11,12);2-4,9H,8H2,1H3;2*1H,3-6H2,(H,8,9);3H,1-2H3;1-4H2/p-2/b8-6+;7-5+;;;;;;. The molecule has 0 saturated heterocycles. The molecule has 0 atom stereocenters. The van der Waals surface area contributed by atoms with Gasteiger partial charge >= 0.3 is 11.9 Å². The zero-order chi connectivity index (χ0) is 63.9. The third-order valence-corrected chi connectivity index (χ3v) is 9.42. The van der Waals surface area contributed by atoms with Crippen LogP contribution in [0.15, 0.2) is 60.7 Å². The highest BCUT2D eigenvalue weighted by Gasteiger charge is 2.05. The Morgan fingerprint density at radius 3 is 1.38 bits per heavy atom. The summed E-state index contributed by atoms with van der Waals surface area (Å²) in [5.41, 5.74) is 16.7. The Labute approximate surface area is 501 Å². The number of anilines is 1. The van der Waals surface area contributed by atoms with Gasteiger partial charge in [0.1, 0.15) is 0 Å². The molecule has 2 rings (SSSR count). The second-order valence-corrected chi connectivity index (χ2v) is 21.0. The highest BCUT2D eigenvalue weighted by molar-refractivity contribution is 9.09. The lowest BCUT2D eigenvalue weighted by Gasteiger charge is -2.08. The number of halogens is 1. The molecule has 466 valence electrons. The van der Waals surface area contributed by atoms with E-state index in [2.05, 4.69) is 111 Å². The molecule has 17 nitrogen and oxygen atoms in total. The fourth-order valence-corrected chi connectivity index (χ4v) is 5.40. The Morgan fingerprint density at radius 1 is 0.622 bits per heavy atom. The molecule has 0 bridgehead atoms. The average Bonchev–Trinajstić information content (AvgIpc) is 3.40. The zero-order valence-corrected chi connectivity index (χ0v) is 52.7. The van der Waals surface area contributed by atoms with Gasteiger partial charge in [-0.1, -0.05) is 102 Å². The summed E-state index contributed by atoms with van der Waals surface area (Å²) in [5, 5.41) is 57.7. The topological polar surface area (TPSA) is 321 Å². The fourth-order valence-electron chi connectivity index (χ4n) is 5.40. The van der Waals surface area contributed by atoms with E-state index in [1.807, 2.05) is 13.8 Å². The van der Waals surface area contributed by atoms with Gasteiger partial charge in [0.2, 0.25) is 5.91 Å². The number of nitrogens with one attached hydrogen (secondary N) is 1. The van der Waals surface area contributed by atoms with Gasteiger partial charge in [-0.2, -0.15) is 0 Å². The summed E-state index contributed by atoms with van der Waals surface area (Å²) in [6.45, 7) is 18.5. The number of phenolic OH excluding ortho intramolecular Hbond substituents is 2. The Balaban J connectivity index is -0.000000212. The number of nitrogens with two attached hydrogens (primary N) is 3. The van der Waals surface area contributed by atoms with Gasteiger partial charge in [0.25, 0.3) is 0 Å². The lowest BCUT2D eigenvalue weighted by Crippen LogP contribution is -2.22. The van der Waals surface area contributed by atoms with E-state index in [1.54, 1.807) is 30.3 Å². The Morgan fingerprint density at radius 2 is 1.01 bits per heavy atom. The number of amides is 1. The number of ether oxygens (including phenoxy) is 2. The Kier molecular flexibility index (Phi) is 68.8. The van der Waals surface area contributed by atoms with Crippen molar-refractivity contribution >= 4 is 51.4 Å². The number of unbranched alkanes of at least 4 members (excludes halogenated alkanes) is 10. The van der Waals surface area contributed by atoms with Crippen molar-refractivity contribution in [3.8, 4) is 59.5 Å². The van der Waals surface area contributed by atoms with Crippen molar-refractivity contribution in [2.45, 2.75) is 195 Å². The minimum atomic E-state index is -0.993. The molecule has 2 aromatic rings. The van der Waals surface area contributed by atoms with Gasteiger partial charge in [-0.25, -0.2) is 0 Å². The van der Waals surface area contributed by atoms with Crippen LogP contribution in [0.1, 0.15) is 189 Å². The molecule has 0 heterocycles. The SMILES string of the molecule is C#CCCCCC(=O)O.C#CCCCCC(=O)[O-].CC(C)/C=C/CCCCC(=O)O.CC(C)Br.CC(C)C#CCCCCC(=O)[O-].COc1cc(CNC(=O)CCCC/C=C/C(C)C)ccc1O.COc1cc(N)ccc1O.NCCN. The van der Waals surface area contributed by atoms with Crippen LogP contribution in [0.25, 0.3) is 0 Å². The number of alkyl halides is 1. The number of carbonyl (C=O) groups excluding carboxylic acids is 3. The molecule has 0 aromatic heterocycles. The van der Waals surface area contributed by atoms with Crippen molar-refractivity contribution in [1.29, 1.82) is 0 Å². The van der Waals surface area contributed by atoms with Crippen LogP contribution in [0.2, 0.25) is 0 Å². The van der Waals surface area contributed by atoms with Gasteiger partial charge in [-0.15, -0.1) is 36.5 Å². The van der Waals surface area contributed by atoms with Crippen molar-refractivity contribution in [3.63, 3.8) is 0 Å². The molecule has 0 aliphatic heterocycles. The number of nitrogen functional groups attached to an aromatic ring is 1. The van der Waals surface area contributed by atoms with Crippen LogP contribution in [0.5, 0.6) is 23.0 Å². The lowest BCUT2D eigenvalue weighted by atomic mass is 10.1. The van der Waals surface area contributed by atoms with Crippen LogP contribution in [0.4, 0.5) is 5.69 Å². The summed E-state index contributed by atoms with van der Waals surface area (Å²) in [4.78, 5) is 52.2. The van der Waals surface area contributed by atoms with Crippen LogP contribution >= 0.6 is 15.9 Å². The number of allylic oxidation sites excluding steroid dienone is 4. The molecule has 0 radical (unpaired) electrons. The molecular weight excluding hydrogens is 1110 g/mol. The van der Waals surface area contributed by atoms with Crippen molar-refractivity contribution in [1.82, 2.24) is 5.32 Å². The van der Waals surface area contributed by atoms with Crippen molar-refractivity contribution in [3.05, 3.63) is 66.3 Å². The molecule has 0 fully saturated rings. The maximum Gasteiger partial charge on any atom is 0.303 e. The number of hydrogen-bond donors (Lipinski definition) is 8. The van der Waals surface area contributed by atoms with Crippen LogP contribution < -0.4 is 42.2 Å². The number of rotatable bonds is 29. The molecule has 0 spiro atoms. The van der Waals surface area contributed by atoms with E-state index in [9.17, 15) is 39.3 Å². The minimum Gasteiger partial charge on any atom is -0.550 e. The van der Waals surface area contributed by atoms with Gasteiger partial charge in [0, 0.05) is 92.6 Å². The van der Waals surface area contributed by atoms with Gasteiger partial charge < -0.3 is 72.2 Å². The number of carboxylic acids is 4. The average molecular weight is 1220 g/mol. The molecule has 0 aliphatic carbocycles. The predicted octanol–water partition coefficient (Wildman–Crippen LogP) is 10.5. The second kappa shape index (κ2) is 65.2. The highest BCUT2D eigenvalue weighted by Crippen LogP contribution is 2.27. The first kappa shape index (κ1) is 86.6. The third-order valence-electron chi connectivity index (χ3n) is 9.42. The summed E-state index contributed by atoms with van der Waals surface area (Å²) < 4.78 is 9.84. The Bertz CT molecular complexity index is 2080. The molecule has 2 aromatic carbocycles. The second-order valence-electron chi connectivity index (χ2n) is 19.2.